The van der Waals surface area contributed by atoms with E-state index in [9.17, 15) is 5.26 Å². The Hall–Kier alpha value is -2.58. The Morgan fingerprint density at radius 2 is 2.08 bits per heavy atom. The van der Waals surface area contributed by atoms with E-state index < -0.39 is 0 Å². The molecule has 0 unspecified atom stereocenters. The molecular formula is C19H22N5+. The average Bonchev–Trinajstić information content (AvgIpc) is 3.14. The fourth-order valence-electron chi connectivity index (χ4n) is 3.72. The van der Waals surface area contributed by atoms with Crippen LogP contribution in [-0.4, -0.2) is 43.1 Å². The van der Waals surface area contributed by atoms with Gasteiger partial charge in [0.1, 0.15) is 11.9 Å². The summed E-state index contributed by atoms with van der Waals surface area (Å²) in [6, 6.07) is 10.5. The number of fused-ring (bicyclic) bond motifs is 5. The SMILES string of the molecule is Cc1c2c(n3c(nc4ccccc43)c1C#N)N(CC[NH+](C)C)CC2. The van der Waals surface area contributed by atoms with Gasteiger partial charge in [-0.25, -0.2) is 4.98 Å². The van der Waals surface area contributed by atoms with E-state index in [0.29, 0.717) is 5.56 Å². The molecule has 4 rings (SSSR count). The van der Waals surface area contributed by atoms with E-state index in [1.54, 1.807) is 0 Å². The number of rotatable bonds is 3. The Bertz CT molecular complexity index is 977. The summed E-state index contributed by atoms with van der Waals surface area (Å²) in [6.07, 6.45) is 1.00. The molecule has 3 aromatic rings. The lowest BCUT2D eigenvalue weighted by atomic mass is 10.0. The summed E-state index contributed by atoms with van der Waals surface area (Å²) < 4.78 is 2.20. The molecule has 0 spiro atoms. The van der Waals surface area contributed by atoms with Crippen LogP contribution in [0.2, 0.25) is 0 Å². The third-order valence-electron chi connectivity index (χ3n) is 5.02. The molecule has 5 heteroatoms. The first-order valence-electron chi connectivity index (χ1n) is 8.48. The highest BCUT2D eigenvalue weighted by Crippen LogP contribution is 2.36. The van der Waals surface area contributed by atoms with Crippen molar-refractivity contribution < 1.29 is 4.90 Å². The third kappa shape index (κ3) is 2.07. The van der Waals surface area contributed by atoms with Crippen LogP contribution in [0.15, 0.2) is 24.3 Å². The molecule has 0 atom stereocenters. The number of benzene rings is 1. The number of aromatic nitrogens is 2. The molecule has 5 nitrogen and oxygen atoms in total. The van der Waals surface area contributed by atoms with E-state index in [4.69, 9.17) is 4.98 Å². The number of quaternary nitrogens is 1. The number of hydrogen-bond donors (Lipinski definition) is 1. The molecule has 0 saturated heterocycles. The number of nitrogens with zero attached hydrogens (tertiary/aromatic N) is 4. The van der Waals surface area contributed by atoms with E-state index in [0.717, 1.165) is 48.3 Å². The maximum atomic E-state index is 9.69. The molecule has 1 N–H and O–H groups in total. The van der Waals surface area contributed by atoms with Crippen molar-refractivity contribution in [3.05, 3.63) is 41.0 Å². The molecule has 0 saturated carbocycles. The van der Waals surface area contributed by atoms with Gasteiger partial charge < -0.3 is 9.80 Å². The predicted octanol–water partition coefficient (Wildman–Crippen LogP) is 1.17. The Morgan fingerprint density at radius 1 is 1.29 bits per heavy atom. The molecule has 3 heterocycles. The van der Waals surface area contributed by atoms with Crippen molar-refractivity contribution in [2.45, 2.75) is 13.3 Å². The zero-order chi connectivity index (χ0) is 16.8. The maximum absolute atomic E-state index is 9.69. The number of imidazole rings is 1. The molecule has 1 aliphatic heterocycles. The highest BCUT2D eigenvalue weighted by atomic mass is 15.3. The summed E-state index contributed by atoms with van der Waals surface area (Å²) in [5.41, 5.74) is 5.94. The van der Waals surface area contributed by atoms with E-state index in [-0.39, 0.29) is 0 Å². The monoisotopic (exact) mass is 320 g/mol. The standard InChI is InChI=1S/C19H21N5/c1-13-14-8-9-23(11-10-22(2)3)19(14)24-17-7-5-4-6-16(17)21-18(24)15(13)12-20/h4-7H,8-11H2,1-3H3/p+1. The molecule has 0 radical (unpaired) electrons. The summed E-state index contributed by atoms with van der Waals surface area (Å²) >= 11 is 0. The number of nitrogens with one attached hydrogen (secondary N) is 1. The highest BCUT2D eigenvalue weighted by Gasteiger charge is 2.28. The minimum atomic E-state index is 0.713. The summed E-state index contributed by atoms with van der Waals surface area (Å²) in [4.78, 5) is 8.66. The van der Waals surface area contributed by atoms with Crippen molar-refractivity contribution in [1.82, 2.24) is 9.38 Å². The lowest BCUT2D eigenvalue weighted by Gasteiger charge is -2.22. The van der Waals surface area contributed by atoms with E-state index in [1.807, 2.05) is 18.2 Å². The van der Waals surface area contributed by atoms with Crippen molar-refractivity contribution in [1.29, 1.82) is 5.26 Å². The van der Waals surface area contributed by atoms with Crippen LogP contribution in [0.4, 0.5) is 5.82 Å². The molecule has 1 aliphatic rings. The third-order valence-corrected chi connectivity index (χ3v) is 5.02. The average molecular weight is 320 g/mol. The second-order valence-electron chi connectivity index (χ2n) is 6.87. The fourth-order valence-corrected chi connectivity index (χ4v) is 3.72. The maximum Gasteiger partial charge on any atom is 0.157 e. The molecule has 0 aliphatic carbocycles. The highest BCUT2D eigenvalue weighted by molar-refractivity contribution is 5.86. The van der Waals surface area contributed by atoms with Gasteiger partial charge in [0.05, 0.1) is 43.8 Å². The van der Waals surface area contributed by atoms with Crippen molar-refractivity contribution in [2.75, 3.05) is 38.6 Å². The fraction of sp³-hybridized carbons (Fsp3) is 0.368. The van der Waals surface area contributed by atoms with Crippen LogP contribution in [0.1, 0.15) is 16.7 Å². The number of para-hydroxylation sites is 2. The van der Waals surface area contributed by atoms with Gasteiger partial charge in [0.25, 0.3) is 0 Å². The normalized spacial score (nSPS) is 13.9. The van der Waals surface area contributed by atoms with Gasteiger partial charge in [-0.2, -0.15) is 5.26 Å². The quantitative estimate of drug-likeness (QED) is 0.788. The number of pyridine rings is 1. The van der Waals surface area contributed by atoms with Gasteiger partial charge in [0, 0.05) is 6.54 Å². The molecule has 0 bridgehead atoms. The van der Waals surface area contributed by atoms with Crippen molar-refractivity contribution in [3.63, 3.8) is 0 Å². The number of hydrogen-bond acceptors (Lipinski definition) is 3. The summed E-state index contributed by atoms with van der Waals surface area (Å²) in [5.74, 6) is 1.23. The molecule has 0 amide bonds. The Morgan fingerprint density at radius 3 is 2.83 bits per heavy atom. The van der Waals surface area contributed by atoms with Gasteiger partial charge in [-0.1, -0.05) is 12.1 Å². The zero-order valence-electron chi connectivity index (χ0n) is 14.4. The van der Waals surface area contributed by atoms with Crippen molar-refractivity contribution in [2.24, 2.45) is 0 Å². The minimum Gasteiger partial charge on any atom is -0.351 e. The summed E-state index contributed by atoms with van der Waals surface area (Å²) in [5, 5.41) is 9.69. The van der Waals surface area contributed by atoms with Gasteiger partial charge in [0.2, 0.25) is 0 Å². The number of anilines is 1. The molecule has 24 heavy (non-hydrogen) atoms. The van der Waals surface area contributed by atoms with Crippen LogP contribution in [0, 0.1) is 18.3 Å². The molecule has 2 aromatic heterocycles. The van der Waals surface area contributed by atoms with Crippen molar-refractivity contribution in [3.8, 4) is 6.07 Å². The molecular weight excluding hydrogens is 298 g/mol. The second-order valence-corrected chi connectivity index (χ2v) is 6.87. The lowest BCUT2D eigenvalue weighted by molar-refractivity contribution is -0.856. The Balaban J connectivity index is 2.03. The molecule has 0 fully saturated rings. The summed E-state index contributed by atoms with van der Waals surface area (Å²) in [6.45, 7) is 5.19. The van der Waals surface area contributed by atoms with Gasteiger partial charge in [-0.15, -0.1) is 0 Å². The zero-order valence-corrected chi connectivity index (χ0v) is 14.4. The van der Waals surface area contributed by atoms with Gasteiger partial charge in [0.15, 0.2) is 5.65 Å². The summed E-state index contributed by atoms with van der Waals surface area (Å²) in [7, 11) is 4.37. The van der Waals surface area contributed by atoms with Crippen LogP contribution in [0.25, 0.3) is 16.7 Å². The molecule has 122 valence electrons. The Kier molecular flexibility index (Phi) is 3.43. The van der Waals surface area contributed by atoms with E-state index in [1.165, 1.54) is 16.3 Å². The van der Waals surface area contributed by atoms with Crippen molar-refractivity contribution >= 4 is 22.5 Å². The van der Waals surface area contributed by atoms with Gasteiger partial charge >= 0.3 is 0 Å². The predicted molar refractivity (Wildman–Crippen MR) is 95.7 cm³/mol. The number of likely N-dealkylation sites (N-methyl/N-ethyl adjacent to an activating group) is 1. The van der Waals surface area contributed by atoms with E-state index >= 15 is 0 Å². The molecule has 1 aromatic carbocycles. The first-order chi connectivity index (χ1) is 11.6. The topological polar surface area (TPSA) is 48.8 Å². The van der Waals surface area contributed by atoms with Crippen LogP contribution in [0.3, 0.4) is 0 Å². The minimum absolute atomic E-state index is 0.713. The first-order valence-corrected chi connectivity index (χ1v) is 8.48. The smallest absolute Gasteiger partial charge is 0.157 e. The van der Waals surface area contributed by atoms with Gasteiger partial charge in [-0.3, -0.25) is 4.40 Å². The van der Waals surface area contributed by atoms with Crippen LogP contribution in [-0.2, 0) is 6.42 Å². The van der Waals surface area contributed by atoms with E-state index in [2.05, 4.69) is 42.5 Å². The second kappa shape index (κ2) is 5.50. The Labute approximate surface area is 141 Å². The van der Waals surface area contributed by atoms with Crippen LogP contribution >= 0.6 is 0 Å². The number of nitriles is 1. The van der Waals surface area contributed by atoms with Gasteiger partial charge in [-0.05, 0) is 36.6 Å². The lowest BCUT2D eigenvalue weighted by Crippen LogP contribution is -3.06. The first kappa shape index (κ1) is 15.0. The van der Waals surface area contributed by atoms with Crippen LogP contribution < -0.4 is 9.80 Å². The van der Waals surface area contributed by atoms with Crippen LogP contribution in [0.5, 0.6) is 0 Å². The largest absolute Gasteiger partial charge is 0.351 e.